The van der Waals surface area contributed by atoms with Gasteiger partial charge in [0, 0.05) is 38.8 Å². The lowest BCUT2D eigenvalue weighted by Gasteiger charge is -2.38. The molecule has 0 bridgehead atoms. The molecule has 6 nitrogen and oxygen atoms in total. The van der Waals surface area contributed by atoms with Gasteiger partial charge in [0.05, 0.1) is 17.0 Å². The molecule has 3 aromatic carbocycles. The predicted molar refractivity (Wildman–Crippen MR) is 165 cm³/mol. The molecule has 1 aliphatic heterocycles. The number of benzene rings is 3. The Kier molecular flexibility index (Phi) is 12.3. The van der Waals surface area contributed by atoms with Gasteiger partial charge < -0.3 is 15.0 Å². The lowest BCUT2D eigenvalue weighted by atomic mass is 9.93. The fourth-order valence-electron chi connectivity index (χ4n) is 5.67. The van der Waals surface area contributed by atoms with Gasteiger partial charge in [-0.25, -0.2) is 9.18 Å². The van der Waals surface area contributed by atoms with Crippen molar-refractivity contribution in [2.75, 3.05) is 26.2 Å². The molecule has 0 saturated carbocycles. The Morgan fingerprint density at radius 3 is 2.08 bits per heavy atom. The van der Waals surface area contributed by atoms with Crippen molar-refractivity contribution in [2.24, 2.45) is 0 Å². The van der Waals surface area contributed by atoms with E-state index in [4.69, 9.17) is 4.74 Å². The third-order valence-electron chi connectivity index (χ3n) is 8.19. The molecular formula is C35H36F7N3O3. The van der Waals surface area contributed by atoms with E-state index in [-0.39, 0.29) is 31.7 Å². The van der Waals surface area contributed by atoms with Crippen molar-refractivity contribution in [1.82, 2.24) is 15.1 Å². The molecule has 2 amide bonds. The van der Waals surface area contributed by atoms with E-state index >= 15 is 0 Å². The fraction of sp³-hybridized carbons (Fsp3) is 0.371. The summed E-state index contributed by atoms with van der Waals surface area (Å²) >= 11 is 0. The number of nitrogens with one attached hydrogen (secondary N) is 1. The zero-order valence-corrected chi connectivity index (χ0v) is 26.0. The monoisotopic (exact) mass is 679 g/mol. The Balaban J connectivity index is 1.54. The topological polar surface area (TPSA) is 61.9 Å². The summed E-state index contributed by atoms with van der Waals surface area (Å²) in [4.78, 5) is 30.8. The fourth-order valence-corrected chi connectivity index (χ4v) is 5.67. The maximum absolute atomic E-state index is 13.8. The van der Waals surface area contributed by atoms with Crippen LogP contribution in [0.1, 0.15) is 53.0 Å². The normalized spacial score (nSPS) is 15.1. The number of hydrogen-bond donors (Lipinski definition) is 1. The third-order valence-corrected chi connectivity index (χ3v) is 8.19. The minimum absolute atomic E-state index is 0.0139. The summed E-state index contributed by atoms with van der Waals surface area (Å²) in [5.41, 5.74) is -2.27. The summed E-state index contributed by atoms with van der Waals surface area (Å²) in [6, 6.07) is 15.0. The quantitative estimate of drug-likeness (QED) is 0.156. The van der Waals surface area contributed by atoms with Crippen LogP contribution in [0.4, 0.5) is 35.5 Å². The van der Waals surface area contributed by atoms with Crippen LogP contribution in [0.15, 0.2) is 85.5 Å². The highest BCUT2D eigenvalue weighted by Crippen LogP contribution is 2.36. The molecule has 0 aromatic heterocycles. The molecule has 0 radical (unpaired) electrons. The standard InChI is InChI=1S/C35H36F7N3O3/c1-2-15-44-16-12-30(13-17-44)45(33(47)48-23-24-6-4-3-5-7-24)18-14-31(26-8-10-29(36)11-9-26)32(46)43-22-25-19-27(34(37,38)39)21-28(20-25)35(40,41)42/h2-11,19-21,30-31H,1,12-18,22-23H2,(H,43,46)/t31-/m0/s1. The lowest BCUT2D eigenvalue weighted by Crippen LogP contribution is -2.48. The van der Waals surface area contributed by atoms with Crippen LogP contribution >= 0.6 is 0 Å². The SMILES string of the molecule is C=CCN1CCC(N(CC[C@H](C(=O)NCc2cc(C(F)(F)F)cc(C(F)(F)F)c2)c2ccc(F)cc2)C(=O)OCc2ccccc2)CC1. The van der Waals surface area contributed by atoms with Crippen LogP contribution in [-0.4, -0.2) is 54.0 Å². The summed E-state index contributed by atoms with van der Waals surface area (Å²) < 4.78 is 99.8. The minimum atomic E-state index is -5.04. The average Bonchev–Trinajstić information content (AvgIpc) is 3.05. The van der Waals surface area contributed by atoms with Crippen molar-refractivity contribution in [3.05, 3.63) is 119 Å². The number of alkyl halides is 6. The number of carbonyl (C=O) groups is 2. The molecule has 13 heteroatoms. The van der Waals surface area contributed by atoms with Crippen LogP contribution < -0.4 is 5.32 Å². The largest absolute Gasteiger partial charge is 0.445 e. The molecule has 0 spiro atoms. The van der Waals surface area contributed by atoms with Crippen LogP contribution in [0.2, 0.25) is 0 Å². The van der Waals surface area contributed by atoms with Gasteiger partial charge in [0.15, 0.2) is 0 Å². The zero-order valence-electron chi connectivity index (χ0n) is 26.0. The number of hydrogen-bond acceptors (Lipinski definition) is 4. The van der Waals surface area contributed by atoms with Gasteiger partial charge in [-0.15, -0.1) is 6.58 Å². The second-order valence-electron chi connectivity index (χ2n) is 11.6. The first-order valence-corrected chi connectivity index (χ1v) is 15.4. The number of ether oxygens (including phenoxy) is 1. The van der Waals surface area contributed by atoms with Crippen molar-refractivity contribution in [3.8, 4) is 0 Å². The second kappa shape index (κ2) is 16.1. The maximum Gasteiger partial charge on any atom is 0.416 e. The molecule has 48 heavy (non-hydrogen) atoms. The summed E-state index contributed by atoms with van der Waals surface area (Å²) in [7, 11) is 0. The summed E-state index contributed by atoms with van der Waals surface area (Å²) in [6.45, 7) is 5.27. The number of halogens is 7. The molecule has 4 rings (SSSR count). The molecule has 1 N–H and O–H groups in total. The van der Waals surface area contributed by atoms with Crippen molar-refractivity contribution in [2.45, 2.75) is 56.7 Å². The highest BCUT2D eigenvalue weighted by Gasteiger charge is 2.37. The smallest absolute Gasteiger partial charge is 0.416 e. The first-order valence-electron chi connectivity index (χ1n) is 15.4. The first-order chi connectivity index (χ1) is 22.7. The molecule has 1 aliphatic rings. The van der Waals surface area contributed by atoms with Crippen LogP contribution in [0.25, 0.3) is 0 Å². The molecule has 1 atom stereocenters. The van der Waals surface area contributed by atoms with E-state index in [1.807, 2.05) is 30.3 Å². The molecule has 1 saturated heterocycles. The molecule has 0 unspecified atom stereocenters. The zero-order chi connectivity index (χ0) is 34.9. The Morgan fingerprint density at radius 2 is 1.52 bits per heavy atom. The molecule has 1 heterocycles. The average molecular weight is 680 g/mol. The summed E-state index contributed by atoms with van der Waals surface area (Å²) in [5, 5.41) is 2.45. The van der Waals surface area contributed by atoms with E-state index in [0.717, 1.165) is 17.7 Å². The Hall–Kier alpha value is -4.39. The van der Waals surface area contributed by atoms with Gasteiger partial charge in [0.25, 0.3) is 0 Å². The van der Waals surface area contributed by atoms with Gasteiger partial charge >= 0.3 is 18.4 Å². The Morgan fingerprint density at radius 1 is 0.917 bits per heavy atom. The summed E-state index contributed by atoms with van der Waals surface area (Å²) in [6.07, 6.45) is -7.63. The number of piperidine rings is 1. The van der Waals surface area contributed by atoms with Gasteiger partial charge in [-0.2, -0.15) is 26.3 Å². The number of rotatable bonds is 12. The van der Waals surface area contributed by atoms with Gasteiger partial charge in [-0.3, -0.25) is 9.69 Å². The molecule has 0 aliphatic carbocycles. The van der Waals surface area contributed by atoms with Crippen molar-refractivity contribution < 1.29 is 45.1 Å². The van der Waals surface area contributed by atoms with Crippen LogP contribution in [0.3, 0.4) is 0 Å². The first kappa shape index (κ1) is 36.4. The van der Waals surface area contributed by atoms with Crippen LogP contribution in [0.5, 0.6) is 0 Å². The summed E-state index contributed by atoms with van der Waals surface area (Å²) in [5.74, 6) is -2.31. The Bertz CT molecular complexity index is 1490. The van der Waals surface area contributed by atoms with Crippen molar-refractivity contribution >= 4 is 12.0 Å². The minimum Gasteiger partial charge on any atom is -0.445 e. The van der Waals surface area contributed by atoms with Crippen LogP contribution in [0, 0.1) is 5.82 Å². The van der Waals surface area contributed by atoms with E-state index < -0.39 is 59.3 Å². The van der Waals surface area contributed by atoms with E-state index in [0.29, 0.717) is 50.2 Å². The third kappa shape index (κ3) is 10.3. The maximum atomic E-state index is 13.8. The van der Waals surface area contributed by atoms with E-state index in [9.17, 15) is 40.3 Å². The van der Waals surface area contributed by atoms with Gasteiger partial charge in [-0.05, 0) is 66.3 Å². The highest BCUT2D eigenvalue weighted by molar-refractivity contribution is 5.83. The van der Waals surface area contributed by atoms with Gasteiger partial charge in [0.1, 0.15) is 12.4 Å². The molecule has 258 valence electrons. The number of likely N-dealkylation sites (tertiary alicyclic amines) is 1. The number of nitrogens with zero attached hydrogens (tertiary/aromatic N) is 2. The van der Waals surface area contributed by atoms with Crippen molar-refractivity contribution in [1.29, 1.82) is 0 Å². The van der Waals surface area contributed by atoms with Crippen LogP contribution in [-0.2, 0) is 35.0 Å². The van der Waals surface area contributed by atoms with E-state index in [1.165, 1.54) is 12.1 Å². The predicted octanol–water partition coefficient (Wildman–Crippen LogP) is 7.94. The second-order valence-corrected chi connectivity index (χ2v) is 11.6. The molecular weight excluding hydrogens is 643 g/mol. The molecule has 1 fully saturated rings. The lowest BCUT2D eigenvalue weighted by molar-refractivity contribution is -0.143. The van der Waals surface area contributed by atoms with Crippen molar-refractivity contribution in [3.63, 3.8) is 0 Å². The Labute approximate surface area is 274 Å². The highest BCUT2D eigenvalue weighted by atomic mass is 19.4. The number of carbonyl (C=O) groups excluding carboxylic acids is 2. The van der Waals surface area contributed by atoms with E-state index in [1.54, 1.807) is 11.0 Å². The van der Waals surface area contributed by atoms with E-state index in [2.05, 4.69) is 16.8 Å². The van der Waals surface area contributed by atoms with Gasteiger partial charge in [0.2, 0.25) is 5.91 Å². The number of amides is 2. The molecule has 3 aromatic rings. The van der Waals surface area contributed by atoms with Gasteiger partial charge in [-0.1, -0.05) is 48.5 Å².